The fraction of sp³-hybridized carbons (Fsp3) is 0.182. The first kappa shape index (κ1) is 12.3. The Morgan fingerprint density at radius 3 is 3.06 bits per heavy atom. The number of aromatic nitrogens is 3. The second-order valence-corrected chi connectivity index (χ2v) is 3.79. The van der Waals surface area contributed by atoms with Crippen molar-refractivity contribution < 1.29 is 9.84 Å². The van der Waals surface area contributed by atoms with Crippen molar-refractivity contribution >= 4 is 18.4 Å². The molecule has 0 radical (unpaired) electrons. The van der Waals surface area contributed by atoms with Crippen molar-refractivity contribution in [1.82, 2.24) is 14.9 Å². The number of ether oxygens (including phenoxy) is 1. The maximum atomic E-state index is 9.79. The maximum absolute atomic E-state index is 9.79. The monoisotopic (exact) mass is 264 g/mol. The van der Waals surface area contributed by atoms with Crippen LogP contribution in [0, 0.1) is 4.77 Å². The van der Waals surface area contributed by atoms with E-state index >= 15 is 0 Å². The number of benzene rings is 1. The van der Waals surface area contributed by atoms with E-state index in [1.165, 1.54) is 17.2 Å². The van der Waals surface area contributed by atoms with E-state index in [0.717, 1.165) is 0 Å². The Bertz CT molecular complexity index is 618. The number of aromatic hydroxyl groups is 1. The SMILES string of the molecule is CCOc1ccc(/C=N\n2cn[nH]c2=S)c(O)c1. The van der Waals surface area contributed by atoms with Crippen molar-refractivity contribution in [1.29, 1.82) is 0 Å². The first-order valence-corrected chi connectivity index (χ1v) is 5.73. The lowest BCUT2D eigenvalue weighted by atomic mass is 10.2. The van der Waals surface area contributed by atoms with Gasteiger partial charge in [0.1, 0.15) is 17.8 Å². The predicted molar refractivity (Wildman–Crippen MR) is 69.7 cm³/mol. The van der Waals surface area contributed by atoms with Gasteiger partial charge in [-0.1, -0.05) is 0 Å². The molecule has 0 saturated carbocycles. The molecule has 1 aromatic heterocycles. The van der Waals surface area contributed by atoms with Crippen LogP contribution in [0.4, 0.5) is 0 Å². The number of aromatic amines is 1. The molecule has 0 atom stereocenters. The Hall–Kier alpha value is -2.15. The second-order valence-electron chi connectivity index (χ2n) is 3.40. The van der Waals surface area contributed by atoms with Gasteiger partial charge < -0.3 is 9.84 Å². The highest BCUT2D eigenvalue weighted by molar-refractivity contribution is 7.71. The number of rotatable bonds is 4. The van der Waals surface area contributed by atoms with Crippen LogP contribution in [0.2, 0.25) is 0 Å². The van der Waals surface area contributed by atoms with Crippen molar-refractivity contribution in [2.75, 3.05) is 6.61 Å². The summed E-state index contributed by atoms with van der Waals surface area (Å²) < 4.78 is 7.05. The number of hydrogen-bond acceptors (Lipinski definition) is 5. The van der Waals surface area contributed by atoms with Gasteiger partial charge in [-0.05, 0) is 31.3 Å². The highest BCUT2D eigenvalue weighted by Crippen LogP contribution is 2.22. The van der Waals surface area contributed by atoms with E-state index < -0.39 is 0 Å². The molecule has 0 amide bonds. The van der Waals surface area contributed by atoms with E-state index in [1.807, 2.05) is 6.92 Å². The van der Waals surface area contributed by atoms with E-state index in [0.29, 0.717) is 22.7 Å². The Balaban J connectivity index is 2.22. The highest BCUT2D eigenvalue weighted by Gasteiger charge is 2.01. The van der Waals surface area contributed by atoms with Crippen LogP contribution in [0.1, 0.15) is 12.5 Å². The van der Waals surface area contributed by atoms with E-state index in [-0.39, 0.29) is 5.75 Å². The molecule has 0 bridgehead atoms. The summed E-state index contributed by atoms with van der Waals surface area (Å²) in [6.45, 7) is 2.43. The largest absolute Gasteiger partial charge is 0.507 e. The minimum Gasteiger partial charge on any atom is -0.507 e. The fourth-order valence-electron chi connectivity index (χ4n) is 1.34. The summed E-state index contributed by atoms with van der Waals surface area (Å²) in [5.74, 6) is 0.715. The van der Waals surface area contributed by atoms with Crippen LogP contribution in [-0.2, 0) is 0 Å². The number of nitrogens with one attached hydrogen (secondary N) is 1. The molecule has 1 aromatic carbocycles. The van der Waals surface area contributed by atoms with Crippen molar-refractivity contribution in [2.24, 2.45) is 5.10 Å². The smallest absolute Gasteiger partial charge is 0.216 e. The second kappa shape index (κ2) is 5.46. The molecular weight excluding hydrogens is 252 g/mol. The molecule has 0 unspecified atom stereocenters. The average Bonchev–Trinajstić information content (AvgIpc) is 2.74. The zero-order chi connectivity index (χ0) is 13.0. The third kappa shape index (κ3) is 2.75. The summed E-state index contributed by atoms with van der Waals surface area (Å²) >= 11 is 4.94. The minimum atomic E-state index is 0.0970. The van der Waals surface area contributed by atoms with Crippen LogP contribution in [0.3, 0.4) is 0 Å². The van der Waals surface area contributed by atoms with E-state index in [4.69, 9.17) is 17.0 Å². The summed E-state index contributed by atoms with van der Waals surface area (Å²) in [5, 5.41) is 20.2. The number of phenolic OH excluding ortho intramolecular Hbond substituents is 1. The molecule has 7 heteroatoms. The van der Waals surface area contributed by atoms with Gasteiger partial charge in [-0.3, -0.25) is 5.10 Å². The molecule has 0 saturated heterocycles. The van der Waals surface area contributed by atoms with Gasteiger partial charge in [-0.15, -0.1) is 0 Å². The molecule has 0 aliphatic heterocycles. The van der Waals surface area contributed by atoms with Crippen LogP contribution in [0.15, 0.2) is 29.6 Å². The first-order valence-electron chi connectivity index (χ1n) is 5.33. The number of phenols is 1. The van der Waals surface area contributed by atoms with E-state index in [1.54, 1.807) is 18.2 Å². The van der Waals surface area contributed by atoms with E-state index in [2.05, 4.69) is 15.3 Å². The molecule has 94 valence electrons. The Kier molecular flexibility index (Phi) is 3.73. The van der Waals surface area contributed by atoms with Crippen molar-refractivity contribution in [3.8, 4) is 11.5 Å². The molecule has 2 rings (SSSR count). The normalized spacial score (nSPS) is 10.9. The lowest BCUT2D eigenvalue weighted by Gasteiger charge is -2.04. The van der Waals surface area contributed by atoms with Crippen LogP contribution in [0.5, 0.6) is 11.5 Å². The van der Waals surface area contributed by atoms with Gasteiger partial charge in [-0.25, -0.2) is 0 Å². The van der Waals surface area contributed by atoms with Gasteiger partial charge in [0.15, 0.2) is 0 Å². The van der Waals surface area contributed by atoms with Gasteiger partial charge in [0.25, 0.3) is 0 Å². The highest BCUT2D eigenvalue weighted by atomic mass is 32.1. The zero-order valence-corrected chi connectivity index (χ0v) is 10.5. The average molecular weight is 264 g/mol. The topological polar surface area (TPSA) is 75.4 Å². The fourth-order valence-corrected chi connectivity index (χ4v) is 1.49. The molecule has 0 aliphatic rings. The molecule has 2 aromatic rings. The van der Waals surface area contributed by atoms with Crippen LogP contribution in [0.25, 0.3) is 0 Å². The Morgan fingerprint density at radius 2 is 2.44 bits per heavy atom. The molecule has 1 heterocycles. The first-order chi connectivity index (χ1) is 8.70. The molecule has 2 N–H and O–H groups in total. The number of nitrogens with zero attached hydrogens (tertiary/aromatic N) is 3. The third-order valence-electron chi connectivity index (χ3n) is 2.17. The van der Waals surface area contributed by atoms with Crippen molar-refractivity contribution in [3.63, 3.8) is 0 Å². The summed E-state index contributed by atoms with van der Waals surface area (Å²) in [4.78, 5) is 0. The lowest BCUT2D eigenvalue weighted by Crippen LogP contribution is -1.93. The molecule has 0 spiro atoms. The van der Waals surface area contributed by atoms with Crippen molar-refractivity contribution in [3.05, 3.63) is 34.9 Å². The molecule has 18 heavy (non-hydrogen) atoms. The summed E-state index contributed by atoms with van der Waals surface area (Å²) in [7, 11) is 0. The molecule has 6 nitrogen and oxygen atoms in total. The van der Waals surface area contributed by atoms with Gasteiger partial charge in [0, 0.05) is 11.6 Å². The molecule has 0 aliphatic carbocycles. The Morgan fingerprint density at radius 1 is 1.61 bits per heavy atom. The number of hydrogen-bond donors (Lipinski definition) is 2. The van der Waals surface area contributed by atoms with Gasteiger partial charge in [-0.2, -0.15) is 14.9 Å². The summed E-state index contributed by atoms with van der Waals surface area (Å²) in [6, 6.07) is 5.02. The van der Waals surface area contributed by atoms with Crippen molar-refractivity contribution in [2.45, 2.75) is 6.92 Å². The van der Waals surface area contributed by atoms with Crippen LogP contribution < -0.4 is 4.74 Å². The maximum Gasteiger partial charge on any atom is 0.216 e. The summed E-state index contributed by atoms with van der Waals surface area (Å²) in [5.41, 5.74) is 0.571. The van der Waals surface area contributed by atoms with Crippen LogP contribution in [-0.4, -0.2) is 32.8 Å². The predicted octanol–water partition coefficient (Wildman–Crippen LogP) is 1.93. The zero-order valence-electron chi connectivity index (χ0n) is 9.70. The summed E-state index contributed by atoms with van der Waals surface area (Å²) in [6.07, 6.45) is 2.95. The van der Waals surface area contributed by atoms with Crippen LogP contribution >= 0.6 is 12.2 Å². The lowest BCUT2D eigenvalue weighted by molar-refractivity contribution is 0.337. The van der Waals surface area contributed by atoms with Gasteiger partial charge in [0.2, 0.25) is 4.77 Å². The standard InChI is InChI=1S/C11H12N4O2S/c1-2-17-9-4-3-8(10(16)5-9)6-13-15-7-12-14-11(15)18/h3-7,16H,2H2,1H3,(H,14,18)/b13-6-. The quantitative estimate of drug-likeness (QED) is 0.653. The van der Waals surface area contributed by atoms with E-state index in [9.17, 15) is 5.11 Å². The minimum absolute atomic E-state index is 0.0970. The third-order valence-corrected chi connectivity index (χ3v) is 2.45. The van der Waals surface area contributed by atoms with Gasteiger partial charge in [0.05, 0.1) is 12.8 Å². The molecule has 0 fully saturated rings. The molecular formula is C11H12N4O2S. The Labute approximate surface area is 109 Å². The number of H-pyrrole nitrogens is 1. The van der Waals surface area contributed by atoms with Gasteiger partial charge >= 0.3 is 0 Å².